The predicted octanol–water partition coefficient (Wildman–Crippen LogP) is 1.04. The fourth-order valence-corrected chi connectivity index (χ4v) is 3.73. The number of piperazine rings is 1. The van der Waals surface area contributed by atoms with Gasteiger partial charge in [0.1, 0.15) is 6.04 Å². The van der Waals surface area contributed by atoms with E-state index in [1.165, 1.54) is 17.4 Å². The number of imide groups is 1. The Kier molecular flexibility index (Phi) is 3.14. The number of hydrogen-bond donors (Lipinski definition) is 0. The molecule has 1 aromatic rings. The Labute approximate surface area is 134 Å². The van der Waals surface area contributed by atoms with Crippen LogP contribution < -0.4 is 0 Å². The molecule has 1 aliphatic carbocycles. The summed E-state index contributed by atoms with van der Waals surface area (Å²) in [5, 5.41) is 0. The van der Waals surface area contributed by atoms with E-state index in [1.807, 2.05) is 30.3 Å². The van der Waals surface area contributed by atoms with Crippen LogP contribution in [0, 0.1) is 0 Å². The molecule has 2 saturated heterocycles. The molecule has 0 radical (unpaired) electrons. The third-order valence-electron chi connectivity index (χ3n) is 5.12. The van der Waals surface area contributed by atoms with Gasteiger partial charge < -0.3 is 9.80 Å². The van der Waals surface area contributed by atoms with Gasteiger partial charge in [0.15, 0.2) is 0 Å². The maximum Gasteiger partial charge on any atom is 0.327 e. The van der Waals surface area contributed by atoms with Gasteiger partial charge in [0.25, 0.3) is 5.91 Å². The molecule has 3 fully saturated rings. The summed E-state index contributed by atoms with van der Waals surface area (Å²) >= 11 is 0. The molecule has 6 nitrogen and oxygen atoms in total. The Morgan fingerprint density at radius 1 is 1.13 bits per heavy atom. The van der Waals surface area contributed by atoms with E-state index in [9.17, 15) is 14.4 Å². The van der Waals surface area contributed by atoms with E-state index in [4.69, 9.17) is 0 Å². The molecule has 2 aliphatic heterocycles. The number of rotatable bonds is 2. The Morgan fingerprint density at radius 2 is 1.87 bits per heavy atom. The van der Waals surface area contributed by atoms with E-state index in [2.05, 4.69) is 0 Å². The molecule has 6 heteroatoms. The van der Waals surface area contributed by atoms with Crippen molar-refractivity contribution >= 4 is 17.8 Å². The lowest BCUT2D eigenvalue weighted by Crippen LogP contribution is -2.54. The second-order valence-corrected chi connectivity index (χ2v) is 6.49. The van der Waals surface area contributed by atoms with Gasteiger partial charge in [-0.1, -0.05) is 30.3 Å². The van der Waals surface area contributed by atoms with Crippen molar-refractivity contribution in [1.82, 2.24) is 14.7 Å². The molecule has 3 atom stereocenters. The summed E-state index contributed by atoms with van der Waals surface area (Å²) < 4.78 is 0. The van der Waals surface area contributed by atoms with E-state index in [0.717, 1.165) is 6.42 Å². The van der Waals surface area contributed by atoms with Crippen molar-refractivity contribution in [3.63, 3.8) is 0 Å². The second-order valence-electron chi connectivity index (χ2n) is 6.49. The molecular weight excluding hydrogens is 294 g/mol. The smallest absolute Gasteiger partial charge is 0.327 e. The van der Waals surface area contributed by atoms with E-state index in [0.29, 0.717) is 19.6 Å². The molecule has 4 rings (SSSR count). The number of hydrogen-bond acceptors (Lipinski definition) is 3. The van der Waals surface area contributed by atoms with E-state index in [1.54, 1.807) is 9.80 Å². The summed E-state index contributed by atoms with van der Waals surface area (Å²) in [6.07, 6.45) is 0.832. The number of nitrogens with zero attached hydrogens (tertiary/aromatic N) is 3. The standard InChI is InChI=1S/C17H19N3O3/c1-11(21)18-7-8-19-15(10-18)16(22)20(17(19)23)14-9-13(14)12-5-3-2-4-6-12/h2-6,13-15H,7-10H2,1H3/t13-,14+,15?/m1/s1. The number of benzene rings is 1. The van der Waals surface area contributed by atoms with Crippen molar-refractivity contribution in [1.29, 1.82) is 0 Å². The van der Waals surface area contributed by atoms with Gasteiger partial charge in [0.2, 0.25) is 5.91 Å². The SMILES string of the molecule is CC(=O)N1CCN2C(=O)N([C@H]3C[C@@H]3c3ccccc3)C(=O)C2C1. The minimum atomic E-state index is -0.503. The highest BCUT2D eigenvalue weighted by atomic mass is 16.2. The molecule has 4 amide bonds. The summed E-state index contributed by atoms with van der Waals surface area (Å²) in [4.78, 5) is 41.6. The van der Waals surface area contributed by atoms with Gasteiger partial charge in [-0.15, -0.1) is 0 Å². The van der Waals surface area contributed by atoms with Gasteiger partial charge >= 0.3 is 6.03 Å². The van der Waals surface area contributed by atoms with Crippen molar-refractivity contribution in [2.75, 3.05) is 19.6 Å². The topological polar surface area (TPSA) is 60.9 Å². The van der Waals surface area contributed by atoms with Crippen molar-refractivity contribution in [3.8, 4) is 0 Å². The first-order chi connectivity index (χ1) is 11.1. The molecule has 0 N–H and O–H groups in total. The van der Waals surface area contributed by atoms with Gasteiger partial charge in [-0.3, -0.25) is 14.5 Å². The van der Waals surface area contributed by atoms with Crippen LogP contribution in [0.3, 0.4) is 0 Å². The zero-order valence-corrected chi connectivity index (χ0v) is 13.0. The molecular formula is C17H19N3O3. The van der Waals surface area contributed by atoms with Crippen molar-refractivity contribution in [2.45, 2.75) is 31.3 Å². The minimum Gasteiger partial charge on any atom is -0.339 e. The highest BCUT2D eigenvalue weighted by Crippen LogP contribution is 2.46. The Bertz CT molecular complexity index is 675. The molecule has 0 spiro atoms. The van der Waals surface area contributed by atoms with Crippen LogP contribution in [-0.4, -0.2) is 64.3 Å². The molecule has 1 aromatic carbocycles. The van der Waals surface area contributed by atoms with Gasteiger partial charge in [0.05, 0.1) is 6.54 Å². The third kappa shape index (κ3) is 2.20. The van der Waals surface area contributed by atoms with Crippen molar-refractivity contribution in [3.05, 3.63) is 35.9 Å². The summed E-state index contributed by atoms with van der Waals surface area (Å²) in [5.74, 6) is 0.0516. The van der Waals surface area contributed by atoms with E-state index >= 15 is 0 Å². The number of carbonyl (C=O) groups excluding carboxylic acids is 3. The monoisotopic (exact) mass is 313 g/mol. The largest absolute Gasteiger partial charge is 0.339 e. The first kappa shape index (κ1) is 14.2. The number of carbonyl (C=O) groups is 3. The Morgan fingerprint density at radius 3 is 2.57 bits per heavy atom. The lowest BCUT2D eigenvalue weighted by Gasteiger charge is -2.34. The number of amides is 4. The van der Waals surface area contributed by atoms with Gasteiger partial charge in [0, 0.05) is 32.0 Å². The summed E-state index contributed by atoms with van der Waals surface area (Å²) in [6.45, 7) is 2.76. The van der Waals surface area contributed by atoms with E-state index in [-0.39, 0.29) is 29.8 Å². The summed E-state index contributed by atoms with van der Waals surface area (Å²) in [5.41, 5.74) is 1.17. The predicted molar refractivity (Wildman–Crippen MR) is 82.6 cm³/mol. The van der Waals surface area contributed by atoms with Crippen LogP contribution in [0.1, 0.15) is 24.8 Å². The van der Waals surface area contributed by atoms with Crippen LogP contribution in [0.2, 0.25) is 0 Å². The first-order valence-electron chi connectivity index (χ1n) is 8.02. The highest BCUT2D eigenvalue weighted by molar-refractivity contribution is 6.05. The first-order valence-corrected chi connectivity index (χ1v) is 8.02. The molecule has 1 saturated carbocycles. The molecule has 1 unspecified atom stereocenters. The Balaban J connectivity index is 1.52. The van der Waals surface area contributed by atoms with Crippen LogP contribution in [0.5, 0.6) is 0 Å². The molecule has 23 heavy (non-hydrogen) atoms. The summed E-state index contributed by atoms with van der Waals surface area (Å²) in [6, 6.07) is 9.28. The molecule has 3 aliphatic rings. The minimum absolute atomic E-state index is 0.0335. The molecule has 2 heterocycles. The van der Waals surface area contributed by atoms with Crippen molar-refractivity contribution in [2.24, 2.45) is 0 Å². The maximum absolute atomic E-state index is 12.7. The fourth-order valence-electron chi connectivity index (χ4n) is 3.73. The number of fused-ring (bicyclic) bond motifs is 1. The average molecular weight is 313 g/mol. The fraction of sp³-hybridized carbons (Fsp3) is 0.471. The number of urea groups is 1. The lowest BCUT2D eigenvalue weighted by atomic mass is 10.1. The Hall–Kier alpha value is -2.37. The van der Waals surface area contributed by atoms with Crippen LogP contribution in [0.15, 0.2) is 30.3 Å². The maximum atomic E-state index is 12.7. The molecule has 120 valence electrons. The highest BCUT2D eigenvalue weighted by Gasteiger charge is 2.56. The zero-order valence-electron chi connectivity index (χ0n) is 13.0. The normalized spacial score (nSPS) is 29.8. The zero-order chi connectivity index (χ0) is 16.1. The lowest BCUT2D eigenvalue weighted by molar-refractivity contribution is -0.134. The summed E-state index contributed by atoms with van der Waals surface area (Å²) in [7, 11) is 0. The third-order valence-corrected chi connectivity index (χ3v) is 5.12. The van der Waals surface area contributed by atoms with Crippen molar-refractivity contribution < 1.29 is 14.4 Å². The van der Waals surface area contributed by atoms with Gasteiger partial charge in [-0.05, 0) is 12.0 Å². The van der Waals surface area contributed by atoms with Gasteiger partial charge in [-0.25, -0.2) is 4.79 Å². The van der Waals surface area contributed by atoms with Crippen LogP contribution in [-0.2, 0) is 9.59 Å². The quantitative estimate of drug-likeness (QED) is 0.767. The molecule has 0 bridgehead atoms. The van der Waals surface area contributed by atoms with Crippen LogP contribution in [0.4, 0.5) is 4.79 Å². The van der Waals surface area contributed by atoms with Crippen LogP contribution in [0.25, 0.3) is 0 Å². The van der Waals surface area contributed by atoms with Crippen LogP contribution >= 0.6 is 0 Å². The average Bonchev–Trinajstić information content (AvgIpc) is 3.30. The van der Waals surface area contributed by atoms with E-state index < -0.39 is 6.04 Å². The van der Waals surface area contributed by atoms with Gasteiger partial charge in [-0.2, -0.15) is 0 Å². The molecule has 0 aromatic heterocycles. The second kappa shape index (κ2) is 5.08.